The van der Waals surface area contributed by atoms with E-state index in [-0.39, 0.29) is 11.7 Å². The van der Waals surface area contributed by atoms with E-state index in [1.807, 2.05) is 18.2 Å². The van der Waals surface area contributed by atoms with Gasteiger partial charge in [-0.25, -0.2) is 4.39 Å². The third-order valence-corrected chi connectivity index (χ3v) is 3.26. The van der Waals surface area contributed by atoms with Crippen LogP contribution in [0.3, 0.4) is 0 Å². The lowest BCUT2D eigenvalue weighted by Crippen LogP contribution is -2.16. The minimum absolute atomic E-state index is 0.186. The van der Waals surface area contributed by atoms with Crippen LogP contribution in [0.4, 0.5) is 4.39 Å². The second kappa shape index (κ2) is 5.46. The summed E-state index contributed by atoms with van der Waals surface area (Å²) in [5, 5.41) is 0.523. The Morgan fingerprint density at radius 3 is 2.78 bits per heavy atom. The summed E-state index contributed by atoms with van der Waals surface area (Å²) < 4.78 is 13.7. The van der Waals surface area contributed by atoms with Gasteiger partial charge < -0.3 is 5.73 Å². The molecule has 94 valence electrons. The van der Waals surface area contributed by atoms with E-state index in [4.69, 9.17) is 17.3 Å². The molecule has 1 unspecified atom stereocenters. The molecule has 1 heterocycles. The molecule has 1 aromatic carbocycles. The van der Waals surface area contributed by atoms with Crippen molar-refractivity contribution in [1.29, 1.82) is 0 Å². The molecule has 0 radical (unpaired) electrons. The molecule has 2 N–H and O–H groups in total. The number of aromatic nitrogens is 1. The molecule has 0 aliphatic heterocycles. The predicted octanol–water partition coefficient (Wildman–Crippen LogP) is 3.27. The van der Waals surface area contributed by atoms with E-state index in [1.165, 1.54) is 6.07 Å². The first kappa shape index (κ1) is 13.0. The molecule has 0 saturated heterocycles. The third-order valence-electron chi connectivity index (χ3n) is 2.93. The fraction of sp³-hybridized carbons (Fsp3) is 0.214. The molecule has 1 atom stereocenters. The van der Waals surface area contributed by atoms with Gasteiger partial charge in [0.15, 0.2) is 0 Å². The zero-order chi connectivity index (χ0) is 13.1. The Hall–Kier alpha value is -1.45. The van der Waals surface area contributed by atoms with Gasteiger partial charge in [0.25, 0.3) is 0 Å². The summed E-state index contributed by atoms with van der Waals surface area (Å²) in [6, 6.07) is 8.64. The quantitative estimate of drug-likeness (QED) is 0.924. The molecular formula is C14H14ClFN2. The van der Waals surface area contributed by atoms with Gasteiger partial charge in [0.1, 0.15) is 5.82 Å². The first-order chi connectivity index (χ1) is 8.63. The van der Waals surface area contributed by atoms with Crippen LogP contribution < -0.4 is 5.73 Å². The number of nitrogens with zero attached hydrogens (tertiary/aromatic N) is 1. The van der Waals surface area contributed by atoms with Gasteiger partial charge in [-0.15, -0.1) is 0 Å². The molecule has 0 saturated carbocycles. The molecule has 18 heavy (non-hydrogen) atoms. The van der Waals surface area contributed by atoms with Gasteiger partial charge in [0.05, 0.1) is 0 Å². The normalized spacial score (nSPS) is 12.4. The molecule has 1 aromatic heterocycles. The van der Waals surface area contributed by atoms with Crippen LogP contribution in [0.1, 0.15) is 22.7 Å². The summed E-state index contributed by atoms with van der Waals surface area (Å²) >= 11 is 6.17. The number of nitrogens with two attached hydrogens (primary N) is 1. The highest BCUT2D eigenvalue weighted by Gasteiger charge is 2.18. The number of rotatable bonds is 3. The minimum atomic E-state index is -0.274. The van der Waals surface area contributed by atoms with Crippen molar-refractivity contribution in [2.75, 3.05) is 6.54 Å². The number of aryl methyl sites for hydroxylation is 1. The maximum absolute atomic E-state index is 13.7. The second-order valence-corrected chi connectivity index (χ2v) is 4.57. The summed E-state index contributed by atoms with van der Waals surface area (Å²) in [7, 11) is 0. The average Bonchev–Trinajstić information content (AvgIpc) is 2.38. The zero-order valence-corrected chi connectivity index (χ0v) is 10.8. The summed E-state index contributed by atoms with van der Waals surface area (Å²) in [5.41, 5.74) is 7.78. The largest absolute Gasteiger partial charge is 0.329 e. The van der Waals surface area contributed by atoms with E-state index in [0.717, 1.165) is 5.69 Å². The van der Waals surface area contributed by atoms with Crippen LogP contribution in [0.5, 0.6) is 0 Å². The van der Waals surface area contributed by atoms with Crippen LogP contribution in [0, 0.1) is 12.7 Å². The van der Waals surface area contributed by atoms with Gasteiger partial charge in [-0.1, -0.05) is 17.7 Å². The lowest BCUT2D eigenvalue weighted by molar-refractivity contribution is 0.613. The van der Waals surface area contributed by atoms with Crippen molar-refractivity contribution in [3.63, 3.8) is 0 Å². The van der Waals surface area contributed by atoms with Crippen LogP contribution in [-0.2, 0) is 0 Å². The Morgan fingerprint density at radius 2 is 2.17 bits per heavy atom. The van der Waals surface area contributed by atoms with Crippen LogP contribution in [0.25, 0.3) is 0 Å². The molecule has 0 spiro atoms. The number of halogens is 2. The van der Waals surface area contributed by atoms with Gasteiger partial charge in [-0.2, -0.15) is 0 Å². The van der Waals surface area contributed by atoms with Crippen molar-refractivity contribution in [3.8, 4) is 0 Å². The van der Waals surface area contributed by atoms with Crippen molar-refractivity contribution in [3.05, 3.63) is 64.2 Å². The highest BCUT2D eigenvalue weighted by atomic mass is 35.5. The Balaban J connectivity index is 2.49. The van der Waals surface area contributed by atoms with Crippen molar-refractivity contribution >= 4 is 11.6 Å². The topological polar surface area (TPSA) is 38.9 Å². The molecule has 0 aliphatic rings. The highest BCUT2D eigenvalue weighted by Crippen LogP contribution is 2.30. The van der Waals surface area contributed by atoms with Gasteiger partial charge in [0, 0.05) is 29.4 Å². The Bertz CT molecular complexity index is 543. The van der Waals surface area contributed by atoms with E-state index in [0.29, 0.717) is 22.7 Å². The van der Waals surface area contributed by atoms with Gasteiger partial charge >= 0.3 is 0 Å². The molecule has 0 amide bonds. The molecule has 2 aromatic rings. The molecule has 0 bridgehead atoms. The number of hydrogen-bond acceptors (Lipinski definition) is 2. The van der Waals surface area contributed by atoms with Crippen molar-refractivity contribution in [2.45, 2.75) is 12.8 Å². The van der Waals surface area contributed by atoms with E-state index >= 15 is 0 Å². The van der Waals surface area contributed by atoms with E-state index in [9.17, 15) is 4.39 Å². The van der Waals surface area contributed by atoms with Crippen LogP contribution in [0.15, 0.2) is 36.5 Å². The number of benzene rings is 1. The molecule has 2 nitrogen and oxygen atoms in total. The molecular weight excluding hydrogens is 251 g/mol. The Morgan fingerprint density at radius 1 is 1.39 bits per heavy atom. The SMILES string of the molecule is Cc1cc(Cl)c(C(CN)c2ccccn2)cc1F. The molecule has 4 heteroatoms. The highest BCUT2D eigenvalue weighted by molar-refractivity contribution is 6.31. The Kier molecular flexibility index (Phi) is 3.94. The van der Waals surface area contributed by atoms with E-state index in [2.05, 4.69) is 4.98 Å². The smallest absolute Gasteiger partial charge is 0.126 e. The summed E-state index contributed by atoms with van der Waals surface area (Å²) in [6.07, 6.45) is 1.69. The summed E-state index contributed by atoms with van der Waals surface area (Å²) in [5.74, 6) is -0.461. The van der Waals surface area contributed by atoms with Gasteiger partial charge in [-0.05, 0) is 42.3 Å². The number of pyridine rings is 1. The molecule has 0 aliphatic carbocycles. The van der Waals surface area contributed by atoms with E-state index < -0.39 is 0 Å². The van der Waals surface area contributed by atoms with Crippen LogP contribution in [-0.4, -0.2) is 11.5 Å². The van der Waals surface area contributed by atoms with Crippen molar-refractivity contribution in [2.24, 2.45) is 5.73 Å². The standard InChI is InChI=1S/C14H14ClFN2/c1-9-6-12(15)10(7-13(9)16)11(8-17)14-4-2-3-5-18-14/h2-7,11H,8,17H2,1H3. The zero-order valence-electron chi connectivity index (χ0n) is 10.0. The Labute approximate surface area is 111 Å². The van der Waals surface area contributed by atoms with Gasteiger partial charge in [0.2, 0.25) is 0 Å². The van der Waals surface area contributed by atoms with E-state index in [1.54, 1.807) is 19.2 Å². The minimum Gasteiger partial charge on any atom is -0.329 e. The molecule has 0 fully saturated rings. The number of hydrogen-bond donors (Lipinski definition) is 1. The maximum atomic E-state index is 13.7. The molecule has 2 rings (SSSR count). The maximum Gasteiger partial charge on any atom is 0.126 e. The van der Waals surface area contributed by atoms with Crippen LogP contribution in [0.2, 0.25) is 5.02 Å². The lowest BCUT2D eigenvalue weighted by atomic mass is 9.94. The average molecular weight is 265 g/mol. The van der Waals surface area contributed by atoms with Crippen molar-refractivity contribution < 1.29 is 4.39 Å². The monoisotopic (exact) mass is 264 g/mol. The van der Waals surface area contributed by atoms with Crippen LogP contribution >= 0.6 is 11.6 Å². The third kappa shape index (κ3) is 2.52. The van der Waals surface area contributed by atoms with Crippen molar-refractivity contribution in [1.82, 2.24) is 4.98 Å². The summed E-state index contributed by atoms with van der Waals surface area (Å²) in [6.45, 7) is 2.02. The van der Waals surface area contributed by atoms with Gasteiger partial charge in [-0.3, -0.25) is 4.98 Å². The fourth-order valence-corrected chi connectivity index (χ4v) is 2.27. The predicted molar refractivity (Wildman–Crippen MR) is 71.3 cm³/mol. The first-order valence-electron chi connectivity index (χ1n) is 5.70. The lowest BCUT2D eigenvalue weighted by Gasteiger charge is -2.17. The second-order valence-electron chi connectivity index (χ2n) is 4.17. The first-order valence-corrected chi connectivity index (χ1v) is 6.07. The fourth-order valence-electron chi connectivity index (χ4n) is 1.92. The summed E-state index contributed by atoms with van der Waals surface area (Å²) in [4.78, 5) is 4.26.